The van der Waals surface area contributed by atoms with Crippen molar-refractivity contribution in [2.75, 3.05) is 0 Å². The molecule has 4 aromatic carbocycles. The van der Waals surface area contributed by atoms with Gasteiger partial charge in [0, 0.05) is 0 Å². The second-order valence-corrected chi connectivity index (χ2v) is 6.37. The normalized spacial score (nSPS) is 10.7. The number of benzene rings is 4. The first-order valence-corrected chi connectivity index (χ1v) is 8.63. The van der Waals surface area contributed by atoms with E-state index < -0.39 is 0 Å². The molecule has 27 heavy (non-hydrogen) atoms. The van der Waals surface area contributed by atoms with Crippen molar-refractivity contribution >= 4 is 0 Å². The lowest BCUT2D eigenvalue weighted by Crippen LogP contribution is -1.90. The average Bonchev–Trinajstić information content (AvgIpc) is 2.69. The Morgan fingerprint density at radius 2 is 0.704 bits per heavy atom. The zero-order chi connectivity index (χ0) is 18.8. The van der Waals surface area contributed by atoms with Crippen LogP contribution < -0.4 is 0 Å². The van der Waals surface area contributed by atoms with Gasteiger partial charge in [0.1, 0.15) is 17.2 Å². The van der Waals surface area contributed by atoms with Crippen LogP contribution in [0.4, 0.5) is 0 Å². The van der Waals surface area contributed by atoms with Gasteiger partial charge in [0.25, 0.3) is 0 Å². The zero-order valence-electron chi connectivity index (χ0n) is 14.5. The number of hydrogen-bond acceptors (Lipinski definition) is 3. The molecule has 0 spiro atoms. The summed E-state index contributed by atoms with van der Waals surface area (Å²) in [5.41, 5.74) is 6.00. The molecule has 0 saturated heterocycles. The maximum atomic E-state index is 9.68. The minimum Gasteiger partial charge on any atom is -0.508 e. The van der Waals surface area contributed by atoms with Crippen LogP contribution in [0.5, 0.6) is 17.2 Å². The SMILES string of the molecule is Oc1ccc(-c2cccc(-c3ccc(O)cc3)c2-c2ccc(O)cc2)cc1. The Morgan fingerprint density at radius 1 is 0.370 bits per heavy atom. The van der Waals surface area contributed by atoms with Gasteiger partial charge in [0.15, 0.2) is 0 Å². The van der Waals surface area contributed by atoms with Gasteiger partial charge in [-0.2, -0.15) is 0 Å². The van der Waals surface area contributed by atoms with Gasteiger partial charge in [0.2, 0.25) is 0 Å². The summed E-state index contributed by atoms with van der Waals surface area (Å²) in [7, 11) is 0. The van der Waals surface area contributed by atoms with Crippen molar-refractivity contribution in [3.05, 3.63) is 91.0 Å². The highest BCUT2D eigenvalue weighted by Crippen LogP contribution is 2.41. The fraction of sp³-hybridized carbons (Fsp3) is 0. The van der Waals surface area contributed by atoms with E-state index in [0.717, 1.165) is 33.4 Å². The lowest BCUT2D eigenvalue weighted by Gasteiger charge is -2.16. The first-order valence-electron chi connectivity index (χ1n) is 8.63. The maximum Gasteiger partial charge on any atom is 0.115 e. The molecule has 4 rings (SSSR count). The fourth-order valence-electron chi connectivity index (χ4n) is 3.25. The summed E-state index contributed by atoms with van der Waals surface area (Å²) in [4.78, 5) is 0. The Kier molecular flexibility index (Phi) is 4.27. The predicted molar refractivity (Wildman–Crippen MR) is 108 cm³/mol. The van der Waals surface area contributed by atoms with Crippen LogP contribution in [0.3, 0.4) is 0 Å². The van der Waals surface area contributed by atoms with Crippen LogP contribution in [-0.4, -0.2) is 15.3 Å². The van der Waals surface area contributed by atoms with E-state index >= 15 is 0 Å². The van der Waals surface area contributed by atoms with E-state index in [4.69, 9.17) is 0 Å². The number of phenols is 3. The molecule has 3 N–H and O–H groups in total. The summed E-state index contributed by atoms with van der Waals surface area (Å²) < 4.78 is 0. The van der Waals surface area contributed by atoms with Gasteiger partial charge in [-0.05, 0) is 69.8 Å². The Hall–Kier alpha value is -3.72. The Labute approximate surface area is 157 Å². The largest absolute Gasteiger partial charge is 0.508 e. The van der Waals surface area contributed by atoms with Gasteiger partial charge in [-0.15, -0.1) is 0 Å². The molecule has 4 aromatic rings. The summed E-state index contributed by atoms with van der Waals surface area (Å²) in [6, 6.07) is 27.4. The van der Waals surface area contributed by atoms with Crippen LogP contribution in [0.1, 0.15) is 0 Å². The number of hydrogen-bond donors (Lipinski definition) is 3. The van der Waals surface area contributed by atoms with Crippen molar-refractivity contribution in [1.29, 1.82) is 0 Å². The second kappa shape index (κ2) is 6.89. The van der Waals surface area contributed by atoms with E-state index in [-0.39, 0.29) is 17.2 Å². The highest BCUT2D eigenvalue weighted by atomic mass is 16.3. The van der Waals surface area contributed by atoms with Gasteiger partial charge in [-0.25, -0.2) is 0 Å². The van der Waals surface area contributed by atoms with Gasteiger partial charge >= 0.3 is 0 Å². The van der Waals surface area contributed by atoms with Crippen molar-refractivity contribution in [3.8, 4) is 50.6 Å². The third-order valence-electron chi connectivity index (χ3n) is 4.58. The van der Waals surface area contributed by atoms with Gasteiger partial charge < -0.3 is 15.3 Å². The van der Waals surface area contributed by atoms with Gasteiger partial charge in [-0.3, -0.25) is 0 Å². The van der Waals surface area contributed by atoms with Gasteiger partial charge in [0.05, 0.1) is 0 Å². The minimum absolute atomic E-state index is 0.215. The zero-order valence-corrected chi connectivity index (χ0v) is 14.5. The molecular formula is C24H18O3. The maximum absolute atomic E-state index is 9.68. The topological polar surface area (TPSA) is 60.7 Å². The molecule has 0 amide bonds. The van der Waals surface area contributed by atoms with Gasteiger partial charge in [-0.1, -0.05) is 54.6 Å². The van der Waals surface area contributed by atoms with Crippen LogP contribution in [0, 0.1) is 0 Å². The number of aromatic hydroxyl groups is 3. The van der Waals surface area contributed by atoms with E-state index in [0.29, 0.717) is 0 Å². The van der Waals surface area contributed by atoms with Crippen molar-refractivity contribution in [2.45, 2.75) is 0 Å². The summed E-state index contributed by atoms with van der Waals surface area (Å²) in [6.45, 7) is 0. The fourth-order valence-corrected chi connectivity index (χ4v) is 3.25. The lowest BCUT2D eigenvalue weighted by molar-refractivity contribution is 0.475. The molecule has 0 unspecified atom stereocenters. The summed E-state index contributed by atoms with van der Waals surface area (Å²) in [5.74, 6) is 0.659. The third kappa shape index (κ3) is 3.35. The third-order valence-corrected chi connectivity index (χ3v) is 4.58. The quantitative estimate of drug-likeness (QED) is 0.435. The predicted octanol–water partition coefficient (Wildman–Crippen LogP) is 5.80. The highest BCUT2D eigenvalue weighted by Gasteiger charge is 2.14. The first-order chi connectivity index (χ1) is 13.1. The van der Waals surface area contributed by atoms with E-state index in [2.05, 4.69) is 0 Å². The molecule has 0 aromatic heterocycles. The molecule has 0 aliphatic heterocycles. The summed E-state index contributed by atoms with van der Waals surface area (Å²) >= 11 is 0. The molecule has 3 heteroatoms. The number of phenolic OH excluding ortho intramolecular Hbond substituents is 3. The second-order valence-electron chi connectivity index (χ2n) is 6.37. The molecule has 0 saturated carbocycles. The molecule has 0 bridgehead atoms. The molecule has 0 heterocycles. The summed E-state index contributed by atoms with van der Waals surface area (Å²) in [6.07, 6.45) is 0. The number of rotatable bonds is 3. The smallest absolute Gasteiger partial charge is 0.115 e. The van der Waals surface area contributed by atoms with E-state index in [1.165, 1.54) is 0 Å². The molecule has 0 fully saturated rings. The molecular weight excluding hydrogens is 336 g/mol. The van der Waals surface area contributed by atoms with Crippen molar-refractivity contribution in [2.24, 2.45) is 0 Å². The first kappa shape index (κ1) is 16.7. The highest BCUT2D eigenvalue weighted by molar-refractivity contribution is 5.94. The van der Waals surface area contributed by atoms with E-state index in [1.54, 1.807) is 36.4 Å². The van der Waals surface area contributed by atoms with E-state index in [1.807, 2.05) is 54.6 Å². The van der Waals surface area contributed by atoms with Crippen molar-refractivity contribution in [1.82, 2.24) is 0 Å². The molecule has 0 aliphatic rings. The van der Waals surface area contributed by atoms with Crippen LogP contribution in [0.2, 0.25) is 0 Å². The molecule has 0 radical (unpaired) electrons. The van der Waals surface area contributed by atoms with Crippen molar-refractivity contribution in [3.63, 3.8) is 0 Å². The molecule has 3 nitrogen and oxygen atoms in total. The lowest BCUT2D eigenvalue weighted by atomic mass is 9.87. The molecule has 0 atom stereocenters. The van der Waals surface area contributed by atoms with Crippen LogP contribution in [0.15, 0.2) is 91.0 Å². The Balaban J connectivity index is 1.99. The van der Waals surface area contributed by atoms with Crippen LogP contribution in [-0.2, 0) is 0 Å². The molecule has 132 valence electrons. The summed E-state index contributed by atoms with van der Waals surface area (Å²) in [5, 5.41) is 28.9. The average molecular weight is 354 g/mol. The monoisotopic (exact) mass is 354 g/mol. The van der Waals surface area contributed by atoms with Crippen LogP contribution >= 0.6 is 0 Å². The Morgan fingerprint density at radius 3 is 1.07 bits per heavy atom. The van der Waals surface area contributed by atoms with Crippen molar-refractivity contribution < 1.29 is 15.3 Å². The minimum atomic E-state index is 0.215. The van der Waals surface area contributed by atoms with Crippen LogP contribution in [0.25, 0.3) is 33.4 Å². The van der Waals surface area contributed by atoms with E-state index in [9.17, 15) is 15.3 Å². The standard InChI is InChI=1S/C24H18O3/c25-19-10-4-16(5-11-19)22-2-1-3-23(17-6-12-20(26)13-7-17)24(22)18-8-14-21(27)15-9-18/h1-15,25-27H. The molecule has 0 aliphatic carbocycles. The Bertz CT molecular complexity index is 1000.